The Hall–Kier alpha value is -4.53. The second-order valence-electron chi connectivity index (χ2n) is 8.79. The summed E-state index contributed by atoms with van der Waals surface area (Å²) >= 11 is 0. The van der Waals surface area contributed by atoms with E-state index < -0.39 is 16.0 Å². The fraction of sp³-hybridized carbons (Fsp3) is 0.0667. The Kier molecular flexibility index (Phi) is 6.67. The van der Waals surface area contributed by atoms with E-state index in [1.807, 2.05) is 60.7 Å². The van der Waals surface area contributed by atoms with Gasteiger partial charge in [0, 0.05) is 11.1 Å². The number of hydrogen-bond acceptors (Lipinski definition) is 5. The van der Waals surface area contributed by atoms with E-state index in [1.54, 1.807) is 35.2 Å². The van der Waals surface area contributed by atoms with Gasteiger partial charge in [-0.15, -0.1) is 0 Å². The van der Waals surface area contributed by atoms with Crippen molar-refractivity contribution in [3.63, 3.8) is 0 Å². The molecule has 5 rings (SSSR count). The van der Waals surface area contributed by atoms with Crippen LogP contribution in [0.5, 0.6) is 0 Å². The fourth-order valence-corrected chi connectivity index (χ4v) is 5.16. The molecule has 0 radical (unpaired) electrons. The Labute approximate surface area is 220 Å². The molecular weight excluding hydrogens is 500 g/mol. The Morgan fingerprint density at radius 3 is 2.13 bits per heavy atom. The van der Waals surface area contributed by atoms with E-state index in [4.69, 9.17) is 9.88 Å². The van der Waals surface area contributed by atoms with Gasteiger partial charge in [0.15, 0.2) is 0 Å². The van der Waals surface area contributed by atoms with Crippen LogP contribution in [-0.4, -0.2) is 27.4 Å². The molecule has 0 saturated heterocycles. The summed E-state index contributed by atoms with van der Waals surface area (Å²) in [4.78, 5) is 27.8. The van der Waals surface area contributed by atoms with Gasteiger partial charge in [-0.3, -0.25) is 4.79 Å². The maximum absolute atomic E-state index is 14.1. The van der Waals surface area contributed by atoms with Crippen LogP contribution in [0, 0.1) is 0 Å². The third kappa shape index (κ3) is 4.74. The third-order valence-corrected chi connectivity index (χ3v) is 7.33. The zero-order valence-electron chi connectivity index (χ0n) is 20.5. The molecule has 1 aliphatic heterocycles. The minimum Gasteiger partial charge on any atom is -0.465 e. The van der Waals surface area contributed by atoms with Gasteiger partial charge in [0.05, 0.1) is 35.4 Å². The number of sulfonamides is 1. The highest BCUT2D eigenvalue weighted by molar-refractivity contribution is 7.89. The number of amides is 1. The number of hydrogen-bond donors (Lipinski definition) is 1. The van der Waals surface area contributed by atoms with Gasteiger partial charge in [-0.1, -0.05) is 72.8 Å². The number of primary sulfonamides is 1. The first-order valence-electron chi connectivity index (χ1n) is 11.8. The molecule has 7 nitrogen and oxygen atoms in total. The minimum absolute atomic E-state index is 0.0103. The smallest absolute Gasteiger partial charge is 0.337 e. The van der Waals surface area contributed by atoms with Gasteiger partial charge >= 0.3 is 5.97 Å². The monoisotopic (exact) mass is 524 g/mol. The molecule has 38 heavy (non-hydrogen) atoms. The quantitative estimate of drug-likeness (QED) is 0.292. The molecule has 0 unspecified atom stereocenters. The van der Waals surface area contributed by atoms with Gasteiger partial charge in [-0.25, -0.2) is 18.4 Å². The Morgan fingerprint density at radius 2 is 1.45 bits per heavy atom. The lowest BCUT2D eigenvalue weighted by molar-refractivity contribution is -0.113. The molecule has 0 saturated carbocycles. The molecule has 0 fully saturated rings. The average molecular weight is 525 g/mol. The van der Waals surface area contributed by atoms with E-state index in [1.165, 1.54) is 19.2 Å². The fourth-order valence-electron chi connectivity index (χ4n) is 4.65. The molecule has 1 heterocycles. The number of carbonyl (C=O) groups excluding carboxylic acids is 2. The number of esters is 1. The lowest BCUT2D eigenvalue weighted by Gasteiger charge is -2.18. The van der Waals surface area contributed by atoms with Crippen molar-refractivity contribution in [3.8, 4) is 0 Å². The lowest BCUT2D eigenvalue weighted by atomic mass is 9.90. The van der Waals surface area contributed by atoms with Crippen LogP contribution in [0.4, 0.5) is 5.69 Å². The van der Waals surface area contributed by atoms with E-state index in [-0.39, 0.29) is 17.3 Å². The number of benzene rings is 4. The molecule has 8 heteroatoms. The SMILES string of the molecule is COC(=O)c1cccc(CN2C(=O)C(=C(c3ccccc3)c3ccc(S(N)(=O)=O)cc3)c3ccccc32)c1. The van der Waals surface area contributed by atoms with Crippen LogP contribution in [0.3, 0.4) is 0 Å². The van der Waals surface area contributed by atoms with E-state index in [9.17, 15) is 18.0 Å². The van der Waals surface area contributed by atoms with E-state index in [2.05, 4.69) is 0 Å². The predicted molar refractivity (Wildman–Crippen MR) is 146 cm³/mol. The summed E-state index contributed by atoms with van der Waals surface area (Å²) in [6.07, 6.45) is 0. The highest BCUT2D eigenvalue weighted by Gasteiger charge is 2.35. The van der Waals surface area contributed by atoms with Crippen molar-refractivity contribution < 1.29 is 22.7 Å². The first-order chi connectivity index (χ1) is 18.3. The van der Waals surface area contributed by atoms with Crippen LogP contribution in [0.1, 0.15) is 32.6 Å². The number of nitrogens with two attached hydrogens (primary N) is 1. The minimum atomic E-state index is -3.87. The summed E-state index contributed by atoms with van der Waals surface area (Å²) in [6, 6.07) is 30.2. The first-order valence-corrected chi connectivity index (χ1v) is 13.3. The van der Waals surface area contributed by atoms with E-state index in [0.717, 1.165) is 22.4 Å². The Balaban J connectivity index is 1.67. The molecule has 1 amide bonds. The van der Waals surface area contributed by atoms with Crippen LogP contribution in [0.25, 0.3) is 11.1 Å². The summed E-state index contributed by atoms with van der Waals surface area (Å²) in [5.41, 5.74) is 5.34. The molecule has 190 valence electrons. The third-order valence-electron chi connectivity index (χ3n) is 6.40. The molecule has 0 spiro atoms. The molecular formula is C30H24N2O5S. The van der Waals surface area contributed by atoms with Gasteiger partial charge in [0.2, 0.25) is 10.0 Å². The van der Waals surface area contributed by atoms with Crippen LogP contribution in [-0.2, 0) is 26.1 Å². The predicted octanol–water partition coefficient (Wildman–Crippen LogP) is 4.63. The Morgan fingerprint density at radius 1 is 0.816 bits per heavy atom. The molecule has 0 aliphatic carbocycles. The molecule has 0 bridgehead atoms. The van der Waals surface area contributed by atoms with Crippen molar-refractivity contribution in [1.82, 2.24) is 0 Å². The second kappa shape index (κ2) is 10.1. The summed E-state index contributed by atoms with van der Waals surface area (Å²) < 4.78 is 28.5. The maximum Gasteiger partial charge on any atom is 0.337 e. The molecule has 0 aromatic heterocycles. The highest BCUT2D eigenvalue weighted by Crippen LogP contribution is 2.43. The first kappa shape index (κ1) is 25.1. The topological polar surface area (TPSA) is 107 Å². The van der Waals surface area contributed by atoms with Gasteiger partial charge < -0.3 is 9.64 Å². The number of nitrogens with zero attached hydrogens (tertiary/aromatic N) is 1. The van der Waals surface area contributed by atoms with Crippen LogP contribution >= 0.6 is 0 Å². The van der Waals surface area contributed by atoms with Crippen LogP contribution < -0.4 is 10.0 Å². The molecule has 1 aliphatic rings. The number of ether oxygens (including phenoxy) is 1. The van der Waals surface area contributed by atoms with E-state index in [0.29, 0.717) is 22.3 Å². The zero-order valence-corrected chi connectivity index (χ0v) is 21.3. The Bertz CT molecular complexity index is 1680. The summed E-state index contributed by atoms with van der Waals surface area (Å²) in [5, 5.41) is 5.30. The number of rotatable bonds is 6. The summed E-state index contributed by atoms with van der Waals surface area (Å²) in [7, 11) is -2.54. The van der Waals surface area contributed by atoms with Crippen LogP contribution in [0.15, 0.2) is 108 Å². The van der Waals surface area contributed by atoms with Crippen molar-refractivity contribution in [2.45, 2.75) is 11.4 Å². The summed E-state index contributed by atoms with van der Waals surface area (Å²) in [5.74, 6) is -0.654. The molecule has 4 aromatic rings. The maximum atomic E-state index is 14.1. The molecule has 4 aromatic carbocycles. The van der Waals surface area contributed by atoms with Crippen molar-refractivity contribution in [2.75, 3.05) is 12.0 Å². The van der Waals surface area contributed by atoms with Gasteiger partial charge in [0.1, 0.15) is 0 Å². The van der Waals surface area contributed by atoms with Gasteiger partial charge in [-0.05, 0) is 47.0 Å². The zero-order chi connectivity index (χ0) is 26.9. The van der Waals surface area contributed by atoms with Gasteiger partial charge in [-0.2, -0.15) is 0 Å². The number of fused-ring (bicyclic) bond motifs is 1. The highest BCUT2D eigenvalue weighted by atomic mass is 32.2. The normalized spacial score (nSPS) is 14.3. The average Bonchev–Trinajstić information content (AvgIpc) is 3.20. The second-order valence-corrected chi connectivity index (χ2v) is 10.3. The largest absolute Gasteiger partial charge is 0.465 e. The van der Waals surface area contributed by atoms with Gasteiger partial charge in [0.25, 0.3) is 5.91 Å². The number of para-hydroxylation sites is 1. The number of methoxy groups -OCH3 is 1. The van der Waals surface area contributed by atoms with Crippen molar-refractivity contribution in [2.24, 2.45) is 5.14 Å². The molecule has 2 N–H and O–H groups in total. The molecule has 0 atom stereocenters. The lowest BCUT2D eigenvalue weighted by Crippen LogP contribution is -2.26. The van der Waals surface area contributed by atoms with Crippen molar-refractivity contribution in [3.05, 3.63) is 131 Å². The summed E-state index contributed by atoms with van der Waals surface area (Å²) in [6.45, 7) is 0.247. The standard InChI is InChI=1S/C30H24N2O5S/c1-37-30(34)23-11-7-8-20(18-23)19-32-26-13-6-5-12-25(26)28(29(32)33)27(21-9-3-2-4-10-21)22-14-16-24(17-15-22)38(31,35)36/h2-18H,19H2,1H3,(H2,31,35,36). The number of anilines is 1. The van der Waals surface area contributed by atoms with Crippen molar-refractivity contribution in [1.29, 1.82) is 0 Å². The van der Waals surface area contributed by atoms with Crippen molar-refractivity contribution >= 4 is 38.7 Å². The van der Waals surface area contributed by atoms with Crippen LogP contribution in [0.2, 0.25) is 0 Å². The van der Waals surface area contributed by atoms with E-state index >= 15 is 0 Å². The number of carbonyl (C=O) groups is 2.